The molecule has 0 spiro atoms. The number of hydrogen-bond donors (Lipinski definition) is 1. The van der Waals surface area contributed by atoms with Gasteiger partial charge in [-0.1, -0.05) is 20.8 Å². The molecule has 0 aromatic carbocycles. The van der Waals surface area contributed by atoms with E-state index < -0.39 is 0 Å². The van der Waals surface area contributed by atoms with Crippen molar-refractivity contribution >= 4 is 11.3 Å². The Morgan fingerprint density at radius 3 is 2.83 bits per heavy atom. The number of nitrogens with zero attached hydrogens (tertiary/aromatic N) is 2. The Morgan fingerprint density at radius 2 is 2.28 bits per heavy atom. The predicted octanol–water partition coefficient (Wildman–Crippen LogP) is 2.62. The molecule has 1 aliphatic rings. The van der Waals surface area contributed by atoms with Gasteiger partial charge < -0.3 is 10.2 Å². The number of likely N-dealkylation sites (tertiary alicyclic amines) is 1. The van der Waals surface area contributed by atoms with Gasteiger partial charge in [0, 0.05) is 29.9 Å². The zero-order chi connectivity index (χ0) is 13.2. The fourth-order valence-corrected chi connectivity index (χ4v) is 3.31. The molecule has 1 N–H and O–H groups in total. The molecule has 0 amide bonds. The van der Waals surface area contributed by atoms with Crippen LogP contribution in [0, 0.1) is 0 Å². The van der Waals surface area contributed by atoms with Crippen molar-refractivity contribution in [3.8, 4) is 0 Å². The van der Waals surface area contributed by atoms with E-state index in [1.165, 1.54) is 30.1 Å². The van der Waals surface area contributed by atoms with E-state index >= 15 is 0 Å². The predicted molar refractivity (Wildman–Crippen MR) is 78.2 cm³/mol. The molecule has 1 saturated heterocycles. The standard InChI is InChI=1S/C14H25N3S/c1-14(2,3)12-10-18-13(16-12)9-15-8-11-6-5-7-17(11)4/h10-11,15H,5-9H2,1-4H3. The number of likely N-dealkylation sites (N-methyl/N-ethyl adjacent to an activating group) is 1. The molecule has 1 unspecified atom stereocenters. The van der Waals surface area contributed by atoms with Crippen LogP contribution in [0.15, 0.2) is 5.38 Å². The molecule has 4 heteroatoms. The first-order valence-electron chi connectivity index (χ1n) is 6.82. The van der Waals surface area contributed by atoms with E-state index in [4.69, 9.17) is 4.98 Å². The van der Waals surface area contributed by atoms with E-state index in [1.807, 2.05) is 0 Å². The largest absolute Gasteiger partial charge is 0.309 e. The van der Waals surface area contributed by atoms with Crippen LogP contribution >= 0.6 is 11.3 Å². The highest BCUT2D eigenvalue weighted by Gasteiger charge is 2.20. The summed E-state index contributed by atoms with van der Waals surface area (Å²) in [6, 6.07) is 0.715. The normalized spacial score (nSPS) is 21.7. The lowest BCUT2D eigenvalue weighted by Gasteiger charge is -2.19. The molecule has 0 bridgehead atoms. The van der Waals surface area contributed by atoms with Crippen LogP contribution < -0.4 is 5.32 Å². The second-order valence-corrected chi connectivity index (χ2v) is 7.23. The molecular formula is C14H25N3S. The lowest BCUT2D eigenvalue weighted by molar-refractivity contribution is 0.300. The van der Waals surface area contributed by atoms with Crippen molar-refractivity contribution in [1.29, 1.82) is 0 Å². The van der Waals surface area contributed by atoms with Crippen LogP contribution in [0.1, 0.15) is 44.3 Å². The van der Waals surface area contributed by atoms with Gasteiger partial charge in [0.15, 0.2) is 0 Å². The molecule has 1 aliphatic heterocycles. The van der Waals surface area contributed by atoms with E-state index in [0.29, 0.717) is 6.04 Å². The molecule has 1 fully saturated rings. The number of rotatable bonds is 4. The summed E-state index contributed by atoms with van der Waals surface area (Å²) in [5.41, 5.74) is 1.38. The summed E-state index contributed by atoms with van der Waals surface area (Å²) in [5.74, 6) is 0. The van der Waals surface area contributed by atoms with Gasteiger partial charge in [-0.2, -0.15) is 0 Å². The van der Waals surface area contributed by atoms with Gasteiger partial charge in [-0.3, -0.25) is 0 Å². The van der Waals surface area contributed by atoms with Crippen LogP contribution in [0.5, 0.6) is 0 Å². The topological polar surface area (TPSA) is 28.2 Å². The van der Waals surface area contributed by atoms with Crippen molar-refractivity contribution < 1.29 is 0 Å². The zero-order valence-corrected chi connectivity index (χ0v) is 12.8. The summed E-state index contributed by atoms with van der Waals surface area (Å²) in [4.78, 5) is 7.16. The fraction of sp³-hybridized carbons (Fsp3) is 0.786. The quantitative estimate of drug-likeness (QED) is 0.909. The van der Waals surface area contributed by atoms with Crippen molar-refractivity contribution in [3.05, 3.63) is 16.1 Å². The summed E-state index contributed by atoms with van der Waals surface area (Å²) < 4.78 is 0. The van der Waals surface area contributed by atoms with Crippen LogP contribution in [0.3, 0.4) is 0 Å². The molecule has 1 aromatic heterocycles. The third-order valence-electron chi connectivity index (χ3n) is 3.65. The van der Waals surface area contributed by atoms with Gasteiger partial charge in [-0.15, -0.1) is 11.3 Å². The molecule has 1 atom stereocenters. The molecule has 0 radical (unpaired) electrons. The Labute approximate surface area is 115 Å². The average molecular weight is 267 g/mol. The Balaban J connectivity index is 1.78. The third-order valence-corrected chi connectivity index (χ3v) is 4.50. The van der Waals surface area contributed by atoms with Gasteiger partial charge in [-0.25, -0.2) is 4.98 Å². The van der Waals surface area contributed by atoms with Gasteiger partial charge >= 0.3 is 0 Å². The molecule has 2 rings (SSSR count). The van der Waals surface area contributed by atoms with E-state index in [2.05, 4.69) is 43.4 Å². The monoisotopic (exact) mass is 267 g/mol. The maximum atomic E-state index is 4.71. The van der Waals surface area contributed by atoms with E-state index in [1.54, 1.807) is 11.3 Å². The average Bonchev–Trinajstić information content (AvgIpc) is 2.88. The Hall–Kier alpha value is -0.450. The van der Waals surface area contributed by atoms with Crippen LogP contribution in [0.2, 0.25) is 0 Å². The molecule has 18 heavy (non-hydrogen) atoms. The Bertz CT molecular complexity index is 381. The van der Waals surface area contributed by atoms with Crippen LogP contribution in [-0.2, 0) is 12.0 Å². The highest BCUT2D eigenvalue weighted by molar-refractivity contribution is 7.09. The first-order valence-corrected chi connectivity index (χ1v) is 7.70. The van der Waals surface area contributed by atoms with Crippen molar-refractivity contribution in [1.82, 2.24) is 15.2 Å². The maximum Gasteiger partial charge on any atom is 0.107 e. The van der Waals surface area contributed by atoms with Crippen LogP contribution in [0.4, 0.5) is 0 Å². The lowest BCUT2D eigenvalue weighted by Crippen LogP contribution is -2.35. The molecule has 1 aromatic rings. The lowest BCUT2D eigenvalue weighted by atomic mass is 9.93. The first kappa shape index (κ1) is 14.0. The third kappa shape index (κ3) is 3.53. The molecule has 2 heterocycles. The van der Waals surface area contributed by atoms with Crippen LogP contribution in [0.25, 0.3) is 0 Å². The number of thiazole rings is 1. The summed E-state index contributed by atoms with van der Waals surface area (Å²) in [7, 11) is 2.22. The Morgan fingerprint density at radius 1 is 1.50 bits per heavy atom. The highest BCUT2D eigenvalue weighted by Crippen LogP contribution is 2.23. The summed E-state index contributed by atoms with van der Waals surface area (Å²) >= 11 is 1.77. The second-order valence-electron chi connectivity index (χ2n) is 6.28. The van der Waals surface area contributed by atoms with Gasteiger partial charge in [-0.05, 0) is 26.4 Å². The smallest absolute Gasteiger partial charge is 0.107 e. The van der Waals surface area contributed by atoms with Gasteiger partial charge in [0.05, 0.1) is 5.69 Å². The van der Waals surface area contributed by atoms with E-state index in [-0.39, 0.29) is 5.41 Å². The molecular weight excluding hydrogens is 242 g/mol. The highest BCUT2D eigenvalue weighted by atomic mass is 32.1. The van der Waals surface area contributed by atoms with Crippen molar-refractivity contribution in [2.75, 3.05) is 20.1 Å². The molecule has 0 saturated carbocycles. The second kappa shape index (κ2) is 5.68. The van der Waals surface area contributed by atoms with Crippen LogP contribution in [-0.4, -0.2) is 36.1 Å². The SMILES string of the molecule is CN1CCCC1CNCc1nc(C(C)(C)C)cs1. The van der Waals surface area contributed by atoms with E-state index in [0.717, 1.165) is 13.1 Å². The van der Waals surface area contributed by atoms with Gasteiger partial charge in [0.1, 0.15) is 5.01 Å². The summed E-state index contributed by atoms with van der Waals surface area (Å²) in [5, 5.41) is 6.95. The van der Waals surface area contributed by atoms with Crippen molar-refractivity contribution in [2.45, 2.75) is 51.6 Å². The minimum Gasteiger partial charge on any atom is -0.309 e. The molecule has 102 valence electrons. The zero-order valence-electron chi connectivity index (χ0n) is 12.0. The summed E-state index contributed by atoms with van der Waals surface area (Å²) in [6.45, 7) is 9.88. The van der Waals surface area contributed by atoms with Crippen molar-refractivity contribution in [3.63, 3.8) is 0 Å². The van der Waals surface area contributed by atoms with Crippen molar-refractivity contribution in [2.24, 2.45) is 0 Å². The number of aromatic nitrogens is 1. The first-order chi connectivity index (χ1) is 8.47. The van der Waals surface area contributed by atoms with Gasteiger partial charge in [0.2, 0.25) is 0 Å². The van der Waals surface area contributed by atoms with Gasteiger partial charge in [0.25, 0.3) is 0 Å². The molecule has 3 nitrogen and oxygen atoms in total. The number of nitrogens with one attached hydrogen (secondary N) is 1. The van der Waals surface area contributed by atoms with E-state index in [9.17, 15) is 0 Å². The molecule has 0 aliphatic carbocycles. The summed E-state index contributed by atoms with van der Waals surface area (Å²) in [6.07, 6.45) is 2.67. The Kier molecular flexibility index (Phi) is 4.41. The fourth-order valence-electron chi connectivity index (χ4n) is 2.32. The number of hydrogen-bond acceptors (Lipinski definition) is 4. The minimum absolute atomic E-state index is 0.167. The minimum atomic E-state index is 0.167. The maximum absolute atomic E-state index is 4.71.